The molecule has 176 valence electrons. The minimum Gasteiger partial charge on any atom is -0.479 e. The van der Waals surface area contributed by atoms with Gasteiger partial charge in [0.05, 0.1) is 20.3 Å². The Hall–Kier alpha value is -1.85. The van der Waals surface area contributed by atoms with Crippen LogP contribution in [0.25, 0.3) is 11.2 Å². The number of ether oxygens (including phenoxy) is 2. The molecule has 0 spiro atoms. The number of likely N-dealkylation sites (N-methyl/N-ethyl adjacent to an activating group) is 1. The third-order valence-electron chi connectivity index (χ3n) is 5.99. The van der Waals surface area contributed by atoms with Crippen LogP contribution in [0.2, 0.25) is 5.15 Å². The quantitative estimate of drug-likeness (QED) is 0.579. The molecular formula is C21H33ClN8O2. The SMILES string of the molecule is COc1nc2nc(CCCN3CCN(C)CC3)nc(NCCN3CCOCC3)c2nc1Cl. The van der Waals surface area contributed by atoms with E-state index in [4.69, 9.17) is 26.1 Å². The monoisotopic (exact) mass is 464 g/mol. The molecule has 4 heterocycles. The maximum Gasteiger partial charge on any atom is 0.253 e. The van der Waals surface area contributed by atoms with Crippen LogP contribution in [0.4, 0.5) is 5.82 Å². The average Bonchev–Trinajstić information content (AvgIpc) is 2.81. The van der Waals surface area contributed by atoms with Crippen LogP contribution in [-0.2, 0) is 11.2 Å². The van der Waals surface area contributed by atoms with E-state index in [0.717, 1.165) is 90.8 Å². The number of piperazine rings is 1. The van der Waals surface area contributed by atoms with Crippen LogP contribution < -0.4 is 10.1 Å². The minimum absolute atomic E-state index is 0.211. The van der Waals surface area contributed by atoms with E-state index >= 15 is 0 Å². The summed E-state index contributed by atoms with van der Waals surface area (Å²) < 4.78 is 10.7. The molecule has 10 nitrogen and oxygen atoms in total. The van der Waals surface area contributed by atoms with E-state index in [0.29, 0.717) is 17.0 Å². The molecule has 0 radical (unpaired) electrons. The zero-order chi connectivity index (χ0) is 22.3. The zero-order valence-electron chi connectivity index (χ0n) is 19.0. The second kappa shape index (κ2) is 11.3. The molecule has 1 N–H and O–H groups in total. The summed E-state index contributed by atoms with van der Waals surface area (Å²) in [4.78, 5) is 25.6. The highest BCUT2D eigenvalue weighted by atomic mass is 35.5. The summed E-state index contributed by atoms with van der Waals surface area (Å²) in [6.45, 7) is 10.7. The zero-order valence-corrected chi connectivity index (χ0v) is 19.8. The number of aryl methyl sites for hydroxylation is 1. The van der Waals surface area contributed by atoms with Crippen LogP contribution in [0.15, 0.2) is 0 Å². The van der Waals surface area contributed by atoms with Gasteiger partial charge in [0.1, 0.15) is 5.82 Å². The van der Waals surface area contributed by atoms with Crippen molar-refractivity contribution in [1.82, 2.24) is 34.6 Å². The molecule has 0 amide bonds. The van der Waals surface area contributed by atoms with E-state index in [1.54, 1.807) is 0 Å². The van der Waals surface area contributed by atoms with Gasteiger partial charge in [-0.2, -0.15) is 4.98 Å². The molecule has 4 rings (SSSR count). The second-order valence-electron chi connectivity index (χ2n) is 8.31. The van der Waals surface area contributed by atoms with Gasteiger partial charge in [0.2, 0.25) is 0 Å². The Kier molecular flexibility index (Phi) is 8.26. The van der Waals surface area contributed by atoms with Crippen molar-refractivity contribution in [3.8, 4) is 5.88 Å². The van der Waals surface area contributed by atoms with Crippen LogP contribution in [0.5, 0.6) is 5.88 Å². The van der Waals surface area contributed by atoms with Crippen molar-refractivity contribution in [2.24, 2.45) is 0 Å². The lowest BCUT2D eigenvalue weighted by atomic mass is 10.2. The van der Waals surface area contributed by atoms with E-state index < -0.39 is 0 Å². The number of nitrogens with one attached hydrogen (secondary N) is 1. The molecule has 0 unspecified atom stereocenters. The van der Waals surface area contributed by atoms with Gasteiger partial charge in [-0.1, -0.05) is 11.6 Å². The Morgan fingerprint density at radius 1 is 0.969 bits per heavy atom. The molecular weight excluding hydrogens is 432 g/mol. The molecule has 2 aromatic rings. The van der Waals surface area contributed by atoms with E-state index in [9.17, 15) is 0 Å². The van der Waals surface area contributed by atoms with E-state index in [2.05, 4.69) is 42.0 Å². The molecule has 2 aromatic heterocycles. The summed E-state index contributed by atoms with van der Waals surface area (Å²) in [5.41, 5.74) is 1.07. The largest absolute Gasteiger partial charge is 0.479 e. The maximum absolute atomic E-state index is 6.24. The number of methoxy groups -OCH3 is 1. The molecule has 2 saturated heterocycles. The average molecular weight is 465 g/mol. The number of hydrogen-bond donors (Lipinski definition) is 1. The topological polar surface area (TPSA) is 91.8 Å². The normalized spacial score (nSPS) is 18.8. The Bertz CT molecular complexity index is 888. The molecule has 2 aliphatic rings. The summed E-state index contributed by atoms with van der Waals surface area (Å²) >= 11 is 6.24. The minimum atomic E-state index is 0.211. The van der Waals surface area contributed by atoms with Crippen molar-refractivity contribution in [1.29, 1.82) is 0 Å². The molecule has 2 fully saturated rings. The molecule has 0 aromatic carbocycles. The fourth-order valence-electron chi connectivity index (χ4n) is 4.01. The number of halogens is 1. The molecule has 0 bridgehead atoms. The van der Waals surface area contributed by atoms with Gasteiger partial charge in [-0.25, -0.2) is 15.0 Å². The molecule has 0 atom stereocenters. The van der Waals surface area contributed by atoms with Gasteiger partial charge in [0.15, 0.2) is 22.1 Å². The number of hydrogen-bond acceptors (Lipinski definition) is 10. The summed E-state index contributed by atoms with van der Waals surface area (Å²) in [6, 6.07) is 0. The smallest absolute Gasteiger partial charge is 0.253 e. The van der Waals surface area contributed by atoms with Gasteiger partial charge in [-0.15, -0.1) is 0 Å². The summed E-state index contributed by atoms with van der Waals surface area (Å²) in [5.74, 6) is 1.72. The van der Waals surface area contributed by atoms with Crippen LogP contribution in [0, 0.1) is 0 Å². The van der Waals surface area contributed by atoms with E-state index in [1.807, 2.05) is 0 Å². The van der Waals surface area contributed by atoms with Gasteiger partial charge >= 0.3 is 0 Å². The highest BCUT2D eigenvalue weighted by Crippen LogP contribution is 2.25. The van der Waals surface area contributed by atoms with Crippen molar-refractivity contribution in [2.45, 2.75) is 12.8 Å². The van der Waals surface area contributed by atoms with Gasteiger partial charge in [-0.05, 0) is 20.0 Å². The first-order valence-corrected chi connectivity index (χ1v) is 11.7. The number of anilines is 1. The van der Waals surface area contributed by atoms with Crippen molar-refractivity contribution in [3.05, 3.63) is 11.0 Å². The van der Waals surface area contributed by atoms with Crippen molar-refractivity contribution in [2.75, 3.05) is 91.6 Å². The Morgan fingerprint density at radius 2 is 1.72 bits per heavy atom. The van der Waals surface area contributed by atoms with Crippen LogP contribution >= 0.6 is 11.6 Å². The van der Waals surface area contributed by atoms with Crippen LogP contribution in [0.1, 0.15) is 12.2 Å². The molecule has 32 heavy (non-hydrogen) atoms. The number of aromatic nitrogens is 4. The lowest BCUT2D eigenvalue weighted by Gasteiger charge is -2.32. The van der Waals surface area contributed by atoms with Crippen LogP contribution in [0.3, 0.4) is 0 Å². The van der Waals surface area contributed by atoms with Crippen LogP contribution in [-0.4, -0.2) is 121 Å². The van der Waals surface area contributed by atoms with Gasteiger partial charge in [0.25, 0.3) is 5.88 Å². The first kappa shape index (κ1) is 23.3. The highest BCUT2D eigenvalue weighted by molar-refractivity contribution is 6.31. The fourth-order valence-corrected chi connectivity index (χ4v) is 4.22. The Labute approximate surface area is 194 Å². The molecule has 0 saturated carbocycles. The van der Waals surface area contributed by atoms with Gasteiger partial charge in [0, 0.05) is 58.8 Å². The summed E-state index contributed by atoms with van der Waals surface area (Å²) in [7, 11) is 3.71. The van der Waals surface area contributed by atoms with E-state index in [-0.39, 0.29) is 11.0 Å². The second-order valence-corrected chi connectivity index (χ2v) is 8.67. The lowest BCUT2D eigenvalue weighted by molar-refractivity contribution is 0.0398. The molecule has 0 aliphatic carbocycles. The standard InChI is InChI=1S/C21H33ClN8O2/c1-28-8-10-29(11-9-28)6-3-4-16-24-19(23-5-7-30-12-14-32-15-13-30)17-20(25-16)27-21(31-2)18(22)26-17/h3-15H2,1-2H3,(H,23,24,25,27). The highest BCUT2D eigenvalue weighted by Gasteiger charge is 2.17. The summed E-state index contributed by atoms with van der Waals surface area (Å²) in [6.07, 6.45) is 1.79. The first-order valence-electron chi connectivity index (χ1n) is 11.4. The van der Waals surface area contributed by atoms with Crippen molar-refractivity contribution >= 4 is 28.6 Å². The van der Waals surface area contributed by atoms with Crippen molar-refractivity contribution < 1.29 is 9.47 Å². The number of nitrogens with zero attached hydrogens (tertiary/aromatic N) is 7. The van der Waals surface area contributed by atoms with Gasteiger partial charge in [-0.3, -0.25) is 4.90 Å². The fraction of sp³-hybridized carbons (Fsp3) is 0.714. The predicted octanol–water partition coefficient (Wildman–Crippen LogP) is 1.01. The third kappa shape index (κ3) is 6.14. The number of morpholine rings is 1. The number of rotatable bonds is 9. The molecule has 2 aliphatic heterocycles. The third-order valence-corrected chi connectivity index (χ3v) is 6.24. The first-order chi connectivity index (χ1) is 15.6. The Balaban J connectivity index is 1.44. The number of fused-ring (bicyclic) bond motifs is 1. The van der Waals surface area contributed by atoms with Gasteiger partial charge < -0.3 is 24.6 Å². The van der Waals surface area contributed by atoms with Crippen molar-refractivity contribution in [3.63, 3.8) is 0 Å². The Morgan fingerprint density at radius 3 is 2.47 bits per heavy atom. The maximum atomic E-state index is 6.24. The lowest BCUT2D eigenvalue weighted by Crippen LogP contribution is -2.44. The molecule has 11 heteroatoms. The predicted molar refractivity (Wildman–Crippen MR) is 125 cm³/mol. The van der Waals surface area contributed by atoms with E-state index in [1.165, 1.54) is 7.11 Å². The summed E-state index contributed by atoms with van der Waals surface area (Å²) in [5, 5.41) is 3.64.